The third-order valence-electron chi connectivity index (χ3n) is 4.91. The molecule has 1 saturated heterocycles. The van der Waals surface area contributed by atoms with E-state index in [0.29, 0.717) is 16.2 Å². The molecule has 3 aromatic carbocycles. The molecule has 2 amide bonds. The monoisotopic (exact) mass is 463 g/mol. The van der Waals surface area contributed by atoms with Crippen molar-refractivity contribution in [3.05, 3.63) is 106 Å². The third-order valence-corrected chi connectivity index (χ3v) is 5.82. The molecule has 0 unspecified atom stereocenters. The summed E-state index contributed by atoms with van der Waals surface area (Å²) in [4.78, 5) is 37.3. The highest BCUT2D eigenvalue weighted by molar-refractivity contribution is 8.18. The zero-order valence-corrected chi connectivity index (χ0v) is 18.0. The Labute approximate surface area is 193 Å². The van der Waals surface area contributed by atoms with Gasteiger partial charge in [0.25, 0.3) is 11.1 Å². The lowest BCUT2D eigenvalue weighted by Crippen LogP contribution is -2.27. The fourth-order valence-corrected chi connectivity index (χ4v) is 3.97. The van der Waals surface area contributed by atoms with Crippen molar-refractivity contribution in [2.75, 3.05) is 0 Å². The number of hydrogen-bond donors (Lipinski definition) is 1. The number of hydrogen-bond acceptors (Lipinski definition) is 5. The summed E-state index contributed by atoms with van der Waals surface area (Å²) < 4.78 is 18.8. The number of thioether (sulfide) groups is 1. The molecule has 0 saturated carbocycles. The van der Waals surface area contributed by atoms with Gasteiger partial charge < -0.3 is 9.84 Å². The van der Waals surface area contributed by atoms with E-state index in [0.717, 1.165) is 27.8 Å². The Morgan fingerprint density at radius 3 is 2.21 bits per heavy atom. The van der Waals surface area contributed by atoms with Gasteiger partial charge in [-0.2, -0.15) is 0 Å². The minimum atomic E-state index is -0.980. The number of carbonyl (C=O) groups excluding carboxylic acids is 2. The summed E-state index contributed by atoms with van der Waals surface area (Å²) in [5.41, 5.74) is 2.45. The van der Waals surface area contributed by atoms with E-state index in [9.17, 15) is 18.8 Å². The molecule has 0 spiro atoms. The standard InChI is InChI=1S/C25H18FNO5S/c26-20-9-3-17(4-10-20)14-27-23(28)22(33-25(27)31)13-16-5-11-21(12-6-16)32-15-18-1-7-19(8-2-18)24(29)30/h1-13H,14-15H2,(H,29,30). The first kappa shape index (κ1) is 22.3. The molecule has 6 nitrogen and oxygen atoms in total. The maximum Gasteiger partial charge on any atom is 0.335 e. The molecule has 8 heteroatoms. The molecule has 1 heterocycles. The number of ether oxygens (including phenoxy) is 1. The Morgan fingerprint density at radius 2 is 1.58 bits per heavy atom. The second-order valence-electron chi connectivity index (χ2n) is 7.25. The predicted octanol–water partition coefficient (Wildman–Crippen LogP) is 5.34. The van der Waals surface area contributed by atoms with E-state index in [1.54, 1.807) is 54.6 Å². The Bertz CT molecular complexity index is 1220. The number of rotatable bonds is 7. The summed E-state index contributed by atoms with van der Waals surface area (Å²) in [5, 5.41) is 8.57. The number of imide groups is 1. The number of aromatic carboxylic acids is 1. The summed E-state index contributed by atoms with van der Waals surface area (Å²) in [6.45, 7) is 0.365. The van der Waals surface area contributed by atoms with Crippen LogP contribution in [0.2, 0.25) is 0 Å². The lowest BCUT2D eigenvalue weighted by Gasteiger charge is -2.12. The Hall–Kier alpha value is -3.91. The number of carbonyl (C=O) groups is 3. The van der Waals surface area contributed by atoms with E-state index in [-0.39, 0.29) is 35.7 Å². The quantitative estimate of drug-likeness (QED) is 0.476. The highest BCUT2D eigenvalue weighted by Gasteiger charge is 2.34. The van der Waals surface area contributed by atoms with Gasteiger partial charge in [0.15, 0.2) is 0 Å². The number of amides is 2. The molecule has 0 aliphatic carbocycles. The lowest BCUT2D eigenvalue weighted by atomic mass is 10.1. The molecule has 1 aliphatic heterocycles. The second kappa shape index (κ2) is 9.70. The smallest absolute Gasteiger partial charge is 0.335 e. The zero-order chi connectivity index (χ0) is 23.4. The normalized spacial score (nSPS) is 14.7. The lowest BCUT2D eigenvalue weighted by molar-refractivity contribution is -0.123. The van der Waals surface area contributed by atoms with Crippen molar-refractivity contribution in [2.24, 2.45) is 0 Å². The first-order valence-electron chi connectivity index (χ1n) is 9.94. The Kier molecular flexibility index (Phi) is 6.55. The molecule has 1 N–H and O–H groups in total. The number of carboxylic acid groups (broad SMARTS) is 1. The van der Waals surface area contributed by atoms with Crippen LogP contribution in [0.25, 0.3) is 6.08 Å². The van der Waals surface area contributed by atoms with Crippen molar-refractivity contribution < 1.29 is 28.6 Å². The first-order chi connectivity index (χ1) is 15.9. The van der Waals surface area contributed by atoms with Crippen LogP contribution in [0.1, 0.15) is 27.0 Å². The Morgan fingerprint density at radius 1 is 0.939 bits per heavy atom. The van der Waals surface area contributed by atoms with Crippen LogP contribution in [0.3, 0.4) is 0 Å². The van der Waals surface area contributed by atoms with Crippen LogP contribution in [-0.2, 0) is 17.9 Å². The van der Waals surface area contributed by atoms with Gasteiger partial charge in [-0.1, -0.05) is 36.4 Å². The molecule has 0 bridgehead atoms. The summed E-state index contributed by atoms with van der Waals surface area (Å²) in [6, 6.07) is 19.1. The van der Waals surface area contributed by atoms with E-state index >= 15 is 0 Å². The maximum absolute atomic E-state index is 13.1. The Balaban J connectivity index is 1.37. The van der Waals surface area contributed by atoms with Gasteiger partial charge in [-0.3, -0.25) is 14.5 Å². The van der Waals surface area contributed by atoms with Crippen molar-refractivity contribution >= 4 is 35.0 Å². The molecule has 4 rings (SSSR count). The minimum absolute atomic E-state index is 0.0858. The first-order valence-corrected chi connectivity index (χ1v) is 10.8. The topological polar surface area (TPSA) is 83.9 Å². The fraction of sp³-hybridized carbons (Fsp3) is 0.0800. The third kappa shape index (κ3) is 5.48. The molecule has 0 radical (unpaired) electrons. The average molecular weight is 463 g/mol. The molecule has 166 valence electrons. The maximum atomic E-state index is 13.1. The summed E-state index contributed by atoms with van der Waals surface area (Å²) in [7, 11) is 0. The van der Waals surface area contributed by atoms with Gasteiger partial charge in [-0.25, -0.2) is 9.18 Å². The van der Waals surface area contributed by atoms with E-state index < -0.39 is 5.97 Å². The van der Waals surface area contributed by atoms with Gasteiger partial charge in [0.05, 0.1) is 17.0 Å². The van der Waals surface area contributed by atoms with Crippen molar-refractivity contribution in [1.82, 2.24) is 4.90 Å². The molecular formula is C25H18FNO5S. The van der Waals surface area contributed by atoms with Crippen LogP contribution in [0.5, 0.6) is 5.75 Å². The molecule has 3 aromatic rings. The van der Waals surface area contributed by atoms with Crippen LogP contribution >= 0.6 is 11.8 Å². The van der Waals surface area contributed by atoms with Crippen molar-refractivity contribution in [3.8, 4) is 5.75 Å². The van der Waals surface area contributed by atoms with Crippen LogP contribution in [0, 0.1) is 5.82 Å². The van der Waals surface area contributed by atoms with Gasteiger partial charge in [-0.15, -0.1) is 0 Å². The largest absolute Gasteiger partial charge is 0.489 e. The number of carboxylic acids is 1. The molecule has 1 aliphatic rings. The van der Waals surface area contributed by atoms with Crippen LogP contribution in [0.15, 0.2) is 77.7 Å². The summed E-state index contributed by atoms with van der Waals surface area (Å²) >= 11 is 0.865. The van der Waals surface area contributed by atoms with Gasteiger partial charge in [-0.05, 0) is 70.9 Å². The van der Waals surface area contributed by atoms with E-state index in [4.69, 9.17) is 9.84 Å². The molecule has 33 heavy (non-hydrogen) atoms. The van der Waals surface area contributed by atoms with Crippen molar-refractivity contribution in [2.45, 2.75) is 13.2 Å². The number of nitrogens with zero attached hydrogens (tertiary/aromatic N) is 1. The number of benzene rings is 3. The molecule has 0 aromatic heterocycles. The predicted molar refractivity (Wildman–Crippen MR) is 122 cm³/mol. The zero-order valence-electron chi connectivity index (χ0n) is 17.2. The molecule has 1 fully saturated rings. The van der Waals surface area contributed by atoms with Gasteiger partial charge >= 0.3 is 5.97 Å². The van der Waals surface area contributed by atoms with E-state index in [2.05, 4.69) is 0 Å². The fourth-order valence-electron chi connectivity index (χ4n) is 3.13. The average Bonchev–Trinajstić information content (AvgIpc) is 3.07. The van der Waals surface area contributed by atoms with Crippen LogP contribution in [0.4, 0.5) is 9.18 Å². The van der Waals surface area contributed by atoms with Crippen LogP contribution < -0.4 is 4.74 Å². The molecule has 0 atom stereocenters. The van der Waals surface area contributed by atoms with Gasteiger partial charge in [0.1, 0.15) is 18.2 Å². The van der Waals surface area contributed by atoms with Crippen molar-refractivity contribution in [3.63, 3.8) is 0 Å². The van der Waals surface area contributed by atoms with Crippen LogP contribution in [-0.4, -0.2) is 27.1 Å². The van der Waals surface area contributed by atoms with Crippen molar-refractivity contribution in [1.29, 1.82) is 0 Å². The van der Waals surface area contributed by atoms with Gasteiger partial charge in [0, 0.05) is 0 Å². The van der Waals surface area contributed by atoms with E-state index in [1.807, 2.05) is 0 Å². The summed E-state index contributed by atoms with van der Waals surface area (Å²) in [5.74, 6) is -1.14. The summed E-state index contributed by atoms with van der Waals surface area (Å²) in [6.07, 6.45) is 1.64. The molecular weight excluding hydrogens is 445 g/mol. The number of halogens is 1. The van der Waals surface area contributed by atoms with E-state index in [1.165, 1.54) is 24.3 Å². The van der Waals surface area contributed by atoms with Gasteiger partial charge in [0.2, 0.25) is 0 Å². The SMILES string of the molecule is O=C(O)c1ccc(COc2ccc(C=C3SC(=O)N(Cc4ccc(F)cc4)C3=O)cc2)cc1. The highest BCUT2D eigenvalue weighted by Crippen LogP contribution is 2.33. The highest BCUT2D eigenvalue weighted by atomic mass is 32.2. The minimum Gasteiger partial charge on any atom is -0.489 e. The second-order valence-corrected chi connectivity index (χ2v) is 8.25.